The molecule has 1 heterocycles. The van der Waals surface area contributed by atoms with Crippen molar-refractivity contribution in [2.75, 3.05) is 7.11 Å². The van der Waals surface area contributed by atoms with Gasteiger partial charge in [-0.3, -0.25) is 4.99 Å². The average molecular weight is 326 g/mol. The second kappa shape index (κ2) is 6.65. The molecule has 0 saturated carbocycles. The monoisotopic (exact) mass is 326 g/mol. The molecule has 122 valence electrons. The Balaban J connectivity index is 1.90. The quantitative estimate of drug-likeness (QED) is 0.487. The summed E-state index contributed by atoms with van der Waals surface area (Å²) >= 11 is 0. The molecule has 0 spiro atoms. The largest absolute Gasteiger partial charge is 0.497 e. The van der Waals surface area contributed by atoms with Gasteiger partial charge in [0.05, 0.1) is 18.5 Å². The highest BCUT2D eigenvalue weighted by molar-refractivity contribution is 6.06. The van der Waals surface area contributed by atoms with Gasteiger partial charge in [0.1, 0.15) is 5.75 Å². The maximum Gasteiger partial charge on any atom is 0.119 e. The summed E-state index contributed by atoms with van der Waals surface area (Å²) in [6.07, 6.45) is 1.93. The van der Waals surface area contributed by atoms with E-state index in [1.54, 1.807) is 7.11 Å². The van der Waals surface area contributed by atoms with Crippen LogP contribution < -0.4 is 4.74 Å². The molecule has 0 aliphatic heterocycles. The fourth-order valence-electron chi connectivity index (χ4n) is 2.94. The summed E-state index contributed by atoms with van der Waals surface area (Å²) in [5, 5.41) is 1.10. The second-order valence-electron chi connectivity index (χ2n) is 5.78. The van der Waals surface area contributed by atoms with Crippen molar-refractivity contribution in [1.82, 2.24) is 4.98 Å². The third-order valence-corrected chi connectivity index (χ3v) is 4.21. The molecule has 3 nitrogen and oxygen atoms in total. The predicted octanol–water partition coefficient (Wildman–Crippen LogP) is 5.59. The van der Waals surface area contributed by atoms with Crippen LogP contribution in [0.3, 0.4) is 0 Å². The Bertz CT molecular complexity index is 1020. The Hall–Kier alpha value is -3.33. The molecular weight excluding hydrogens is 308 g/mol. The number of benzene rings is 3. The number of aromatic amines is 1. The summed E-state index contributed by atoms with van der Waals surface area (Å²) in [7, 11) is 1.68. The molecule has 4 aromatic rings. The van der Waals surface area contributed by atoms with Crippen LogP contribution in [0.4, 0.5) is 5.69 Å². The van der Waals surface area contributed by atoms with Gasteiger partial charge in [0, 0.05) is 22.7 Å². The minimum absolute atomic E-state index is 0.834. The number of aliphatic imine (C=N–C) groups is 1. The van der Waals surface area contributed by atoms with Gasteiger partial charge in [0.2, 0.25) is 0 Å². The number of nitrogens with one attached hydrogen (secondary N) is 1. The lowest BCUT2D eigenvalue weighted by Crippen LogP contribution is -1.86. The van der Waals surface area contributed by atoms with Crippen molar-refractivity contribution >= 4 is 22.8 Å². The molecule has 0 bridgehead atoms. The topological polar surface area (TPSA) is 37.4 Å². The first-order valence-corrected chi connectivity index (χ1v) is 8.19. The first-order chi connectivity index (χ1) is 12.3. The number of nitrogens with zero attached hydrogens (tertiary/aromatic N) is 1. The van der Waals surface area contributed by atoms with E-state index in [2.05, 4.69) is 22.1 Å². The highest BCUT2D eigenvalue weighted by atomic mass is 16.5. The summed E-state index contributed by atoms with van der Waals surface area (Å²) in [4.78, 5) is 8.18. The van der Waals surface area contributed by atoms with Crippen LogP contribution in [-0.2, 0) is 0 Å². The molecule has 0 aliphatic carbocycles. The van der Waals surface area contributed by atoms with E-state index in [9.17, 15) is 0 Å². The molecule has 25 heavy (non-hydrogen) atoms. The van der Waals surface area contributed by atoms with Crippen LogP contribution in [-0.4, -0.2) is 18.3 Å². The van der Waals surface area contributed by atoms with Crippen LogP contribution in [0.5, 0.6) is 5.75 Å². The van der Waals surface area contributed by atoms with Crippen molar-refractivity contribution in [3.05, 3.63) is 84.4 Å². The summed E-state index contributed by atoms with van der Waals surface area (Å²) in [5.41, 5.74) is 5.24. The molecule has 3 heteroatoms. The summed E-state index contributed by atoms with van der Waals surface area (Å²) in [6.45, 7) is 0. The highest BCUT2D eigenvalue weighted by Crippen LogP contribution is 2.31. The van der Waals surface area contributed by atoms with Crippen LogP contribution in [0.2, 0.25) is 0 Å². The van der Waals surface area contributed by atoms with Gasteiger partial charge in [-0.15, -0.1) is 0 Å². The number of aromatic nitrogens is 1. The molecule has 0 aliphatic rings. The molecule has 3 aromatic carbocycles. The first kappa shape index (κ1) is 15.2. The lowest BCUT2D eigenvalue weighted by molar-refractivity contribution is 0.415. The predicted molar refractivity (Wildman–Crippen MR) is 104 cm³/mol. The maximum absolute atomic E-state index is 5.40. The van der Waals surface area contributed by atoms with Gasteiger partial charge in [-0.25, -0.2) is 0 Å². The van der Waals surface area contributed by atoms with Crippen LogP contribution >= 0.6 is 0 Å². The Morgan fingerprint density at radius 2 is 1.60 bits per heavy atom. The van der Waals surface area contributed by atoms with E-state index >= 15 is 0 Å². The molecule has 0 saturated heterocycles. The van der Waals surface area contributed by atoms with E-state index in [1.165, 1.54) is 0 Å². The normalized spacial score (nSPS) is 11.2. The van der Waals surface area contributed by atoms with Crippen molar-refractivity contribution in [2.45, 2.75) is 0 Å². The smallest absolute Gasteiger partial charge is 0.119 e. The third-order valence-electron chi connectivity index (χ3n) is 4.21. The number of rotatable bonds is 4. The van der Waals surface area contributed by atoms with E-state index in [0.29, 0.717) is 0 Å². The lowest BCUT2D eigenvalue weighted by atomic mass is 10.1. The van der Waals surface area contributed by atoms with Crippen molar-refractivity contribution in [2.24, 2.45) is 4.99 Å². The van der Waals surface area contributed by atoms with Crippen LogP contribution in [0.1, 0.15) is 5.56 Å². The molecule has 1 aromatic heterocycles. The van der Waals surface area contributed by atoms with Gasteiger partial charge in [-0.05, 0) is 35.9 Å². The number of fused-ring (bicyclic) bond motifs is 1. The Morgan fingerprint density at radius 1 is 0.880 bits per heavy atom. The van der Waals surface area contributed by atoms with E-state index in [0.717, 1.165) is 39.2 Å². The van der Waals surface area contributed by atoms with Crippen molar-refractivity contribution in [3.8, 4) is 17.0 Å². The van der Waals surface area contributed by atoms with Gasteiger partial charge in [-0.2, -0.15) is 0 Å². The standard InChI is InChI=1S/C22H18N2O/c1-25-18-12-13-21-19(14-18)20(15-23-17-10-6-3-7-11-17)22(24-21)16-8-4-2-5-9-16/h2-15,24H,1H3. The molecule has 0 radical (unpaired) electrons. The van der Waals surface area contributed by atoms with Crippen molar-refractivity contribution in [3.63, 3.8) is 0 Å². The molecule has 0 atom stereocenters. The van der Waals surface area contributed by atoms with Gasteiger partial charge in [0.25, 0.3) is 0 Å². The van der Waals surface area contributed by atoms with Crippen LogP contribution in [0, 0.1) is 0 Å². The number of H-pyrrole nitrogens is 1. The van der Waals surface area contributed by atoms with E-state index in [4.69, 9.17) is 4.74 Å². The van der Waals surface area contributed by atoms with Gasteiger partial charge in [0.15, 0.2) is 0 Å². The zero-order chi connectivity index (χ0) is 17.1. The van der Waals surface area contributed by atoms with Gasteiger partial charge < -0.3 is 9.72 Å². The summed E-state index contributed by atoms with van der Waals surface area (Å²) in [6, 6.07) is 26.3. The molecule has 0 fully saturated rings. The molecule has 0 unspecified atom stereocenters. The molecule has 4 rings (SSSR count). The molecule has 1 N–H and O–H groups in total. The fraction of sp³-hybridized carbons (Fsp3) is 0.0455. The van der Waals surface area contributed by atoms with E-state index < -0.39 is 0 Å². The minimum atomic E-state index is 0.834. The summed E-state index contributed by atoms with van der Waals surface area (Å²) < 4.78 is 5.40. The maximum atomic E-state index is 5.40. The number of para-hydroxylation sites is 1. The Kier molecular flexibility index (Phi) is 4.05. The van der Waals surface area contributed by atoms with Crippen LogP contribution in [0.25, 0.3) is 22.2 Å². The number of ether oxygens (including phenoxy) is 1. The minimum Gasteiger partial charge on any atom is -0.497 e. The Labute approximate surface area is 146 Å². The summed E-state index contributed by atoms with van der Waals surface area (Å²) in [5.74, 6) is 0.834. The van der Waals surface area contributed by atoms with E-state index in [-0.39, 0.29) is 0 Å². The average Bonchev–Trinajstić information content (AvgIpc) is 3.05. The van der Waals surface area contributed by atoms with Crippen molar-refractivity contribution < 1.29 is 4.74 Å². The molecular formula is C22H18N2O. The SMILES string of the molecule is COc1ccc2[nH]c(-c3ccccc3)c(C=Nc3ccccc3)c2c1. The third kappa shape index (κ3) is 3.04. The first-order valence-electron chi connectivity index (χ1n) is 8.19. The lowest BCUT2D eigenvalue weighted by Gasteiger charge is -2.01. The zero-order valence-corrected chi connectivity index (χ0v) is 13.9. The fourth-order valence-corrected chi connectivity index (χ4v) is 2.94. The van der Waals surface area contributed by atoms with Crippen LogP contribution in [0.15, 0.2) is 83.9 Å². The van der Waals surface area contributed by atoms with E-state index in [1.807, 2.05) is 72.9 Å². The zero-order valence-electron chi connectivity index (χ0n) is 13.9. The number of hydrogen-bond acceptors (Lipinski definition) is 2. The van der Waals surface area contributed by atoms with Crippen molar-refractivity contribution in [1.29, 1.82) is 0 Å². The molecule has 0 amide bonds. The highest BCUT2D eigenvalue weighted by Gasteiger charge is 2.12. The second-order valence-corrected chi connectivity index (χ2v) is 5.78. The Morgan fingerprint density at radius 3 is 2.32 bits per heavy atom. The van der Waals surface area contributed by atoms with Gasteiger partial charge >= 0.3 is 0 Å². The number of hydrogen-bond donors (Lipinski definition) is 1. The van der Waals surface area contributed by atoms with Gasteiger partial charge in [-0.1, -0.05) is 48.5 Å². The number of methoxy groups -OCH3 is 1.